The minimum Gasteiger partial charge on any atom is -0.383 e. The highest BCUT2D eigenvalue weighted by Crippen LogP contribution is 2.23. The number of hydrogen-bond donors (Lipinski definition) is 1. The van der Waals surface area contributed by atoms with E-state index in [0.29, 0.717) is 19.8 Å². The highest BCUT2D eigenvalue weighted by Gasteiger charge is 2.24. The first-order chi connectivity index (χ1) is 12.1. The monoisotopic (exact) mass is 346 g/mol. The lowest BCUT2D eigenvalue weighted by atomic mass is 10.1. The molecular formula is C17H26N6O2. The Morgan fingerprint density at radius 2 is 2.28 bits per heavy atom. The van der Waals surface area contributed by atoms with Gasteiger partial charge in [0.25, 0.3) is 0 Å². The molecule has 1 unspecified atom stereocenters. The van der Waals surface area contributed by atoms with Crippen LogP contribution < -0.4 is 5.32 Å². The molecule has 1 N–H and O–H groups in total. The first-order valence-electron chi connectivity index (χ1n) is 8.54. The van der Waals surface area contributed by atoms with Crippen molar-refractivity contribution < 1.29 is 9.47 Å². The molecule has 1 fully saturated rings. The first-order valence-corrected chi connectivity index (χ1v) is 8.54. The van der Waals surface area contributed by atoms with Gasteiger partial charge in [0.05, 0.1) is 25.1 Å². The van der Waals surface area contributed by atoms with Crippen LogP contribution in [-0.2, 0) is 23.1 Å². The van der Waals surface area contributed by atoms with E-state index in [1.165, 1.54) is 5.56 Å². The second-order valence-corrected chi connectivity index (χ2v) is 6.26. The molecular weight excluding hydrogens is 320 g/mol. The van der Waals surface area contributed by atoms with Crippen molar-refractivity contribution in [3.8, 4) is 0 Å². The summed E-state index contributed by atoms with van der Waals surface area (Å²) in [5.74, 6) is 1.55. The zero-order chi connectivity index (χ0) is 17.6. The maximum atomic E-state index is 5.97. The van der Waals surface area contributed by atoms with Crippen molar-refractivity contribution in [3.63, 3.8) is 0 Å². The summed E-state index contributed by atoms with van der Waals surface area (Å²) in [7, 11) is 3.62. The van der Waals surface area contributed by atoms with Crippen LogP contribution in [0.3, 0.4) is 0 Å². The Morgan fingerprint density at radius 1 is 1.40 bits per heavy atom. The maximum absolute atomic E-state index is 5.97. The van der Waals surface area contributed by atoms with Gasteiger partial charge >= 0.3 is 0 Å². The van der Waals surface area contributed by atoms with Crippen molar-refractivity contribution in [1.29, 1.82) is 0 Å². The van der Waals surface area contributed by atoms with E-state index in [9.17, 15) is 0 Å². The van der Waals surface area contributed by atoms with Gasteiger partial charge in [0, 0.05) is 58.2 Å². The molecule has 136 valence electrons. The molecule has 1 atom stereocenters. The largest absolute Gasteiger partial charge is 0.383 e. The summed E-state index contributed by atoms with van der Waals surface area (Å²) < 4.78 is 12.9. The third-order valence-corrected chi connectivity index (χ3v) is 4.12. The Balaban J connectivity index is 1.65. The molecule has 2 aromatic heterocycles. The molecule has 0 radical (unpaired) electrons. The van der Waals surface area contributed by atoms with Crippen molar-refractivity contribution in [2.24, 2.45) is 7.05 Å². The molecule has 8 nitrogen and oxygen atoms in total. The quantitative estimate of drug-likeness (QED) is 0.754. The summed E-state index contributed by atoms with van der Waals surface area (Å²) in [6.07, 6.45) is 3.92. The van der Waals surface area contributed by atoms with Crippen LogP contribution in [0.15, 0.2) is 18.5 Å². The predicted molar refractivity (Wildman–Crippen MR) is 94.3 cm³/mol. The van der Waals surface area contributed by atoms with Crippen molar-refractivity contribution in [2.75, 3.05) is 45.3 Å². The first kappa shape index (κ1) is 17.8. The molecule has 0 amide bonds. The van der Waals surface area contributed by atoms with Crippen LogP contribution in [0.25, 0.3) is 0 Å². The van der Waals surface area contributed by atoms with Crippen LogP contribution in [0, 0.1) is 6.92 Å². The molecule has 0 aliphatic carbocycles. The Kier molecular flexibility index (Phi) is 5.95. The number of ether oxygens (including phenoxy) is 2. The Bertz CT molecular complexity index is 690. The normalized spacial score (nSPS) is 18.4. The minimum atomic E-state index is -0.0462. The zero-order valence-electron chi connectivity index (χ0n) is 15.1. The number of methoxy groups -OCH3 is 1. The summed E-state index contributed by atoms with van der Waals surface area (Å²) in [5.41, 5.74) is 2.13. The van der Waals surface area contributed by atoms with Crippen LogP contribution in [0.1, 0.15) is 23.2 Å². The fraction of sp³-hybridized carbons (Fsp3) is 0.588. The third kappa shape index (κ3) is 4.97. The summed E-state index contributed by atoms with van der Waals surface area (Å²) in [5, 5.41) is 7.50. The Labute approximate surface area is 148 Å². The summed E-state index contributed by atoms with van der Waals surface area (Å²) >= 11 is 0. The van der Waals surface area contributed by atoms with Crippen molar-refractivity contribution in [1.82, 2.24) is 24.6 Å². The molecule has 0 spiro atoms. The number of nitrogens with one attached hydrogen (secondary N) is 1. The fourth-order valence-corrected chi connectivity index (χ4v) is 2.96. The van der Waals surface area contributed by atoms with E-state index in [2.05, 4.69) is 31.5 Å². The Hall–Kier alpha value is -2.03. The molecule has 0 aromatic carbocycles. The number of morpholine rings is 1. The van der Waals surface area contributed by atoms with E-state index in [1.54, 1.807) is 7.11 Å². The van der Waals surface area contributed by atoms with Gasteiger partial charge in [-0.05, 0) is 6.92 Å². The molecule has 25 heavy (non-hydrogen) atoms. The number of aryl methyl sites for hydroxylation is 2. The average Bonchev–Trinajstić information content (AvgIpc) is 3.00. The standard InChI is InChI=1S/C17H26N6O2/c1-13-20-15(8-17(21-13)18-4-6-24-3)16-12-23(5-7-25-16)11-14-9-19-22(2)10-14/h8-10,16H,4-7,11-12H2,1-3H3,(H,18,20,21). The van der Waals surface area contributed by atoms with Crippen LogP contribution in [0.5, 0.6) is 0 Å². The smallest absolute Gasteiger partial charge is 0.130 e. The molecule has 2 aromatic rings. The van der Waals surface area contributed by atoms with Crippen molar-refractivity contribution >= 4 is 5.82 Å². The van der Waals surface area contributed by atoms with Gasteiger partial charge in [-0.15, -0.1) is 0 Å². The molecule has 0 bridgehead atoms. The number of anilines is 1. The van der Waals surface area contributed by atoms with Gasteiger partial charge in [-0.1, -0.05) is 0 Å². The van der Waals surface area contributed by atoms with E-state index in [4.69, 9.17) is 9.47 Å². The molecule has 3 heterocycles. The third-order valence-electron chi connectivity index (χ3n) is 4.12. The van der Waals surface area contributed by atoms with E-state index >= 15 is 0 Å². The summed E-state index contributed by atoms with van der Waals surface area (Å²) in [6, 6.07) is 1.97. The lowest BCUT2D eigenvalue weighted by Gasteiger charge is -2.32. The maximum Gasteiger partial charge on any atom is 0.130 e. The van der Waals surface area contributed by atoms with Crippen LogP contribution in [-0.4, -0.2) is 64.6 Å². The lowest BCUT2D eigenvalue weighted by Crippen LogP contribution is -2.38. The van der Waals surface area contributed by atoms with E-state index in [-0.39, 0.29) is 6.10 Å². The minimum absolute atomic E-state index is 0.0462. The number of hydrogen-bond acceptors (Lipinski definition) is 7. The van der Waals surface area contributed by atoms with Gasteiger partial charge in [-0.25, -0.2) is 9.97 Å². The second-order valence-electron chi connectivity index (χ2n) is 6.26. The van der Waals surface area contributed by atoms with Gasteiger partial charge in [-0.3, -0.25) is 9.58 Å². The fourth-order valence-electron chi connectivity index (χ4n) is 2.96. The van der Waals surface area contributed by atoms with Gasteiger partial charge in [-0.2, -0.15) is 5.10 Å². The van der Waals surface area contributed by atoms with E-state index in [1.807, 2.05) is 30.9 Å². The number of aromatic nitrogens is 4. The molecule has 3 rings (SSSR count). The molecule has 1 aliphatic heterocycles. The highest BCUT2D eigenvalue weighted by atomic mass is 16.5. The summed E-state index contributed by atoms with van der Waals surface area (Å²) in [4.78, 5) is 11.4. The molecule has 1 saturated heterocycles. The van der Waals surface area contributed by atoms with E-state index < -0.39 is 0 Å². The van der Waals surface area contributed by atoms with Crippen LogP contribution in [0.2, 0.25) is 0 Å². The number of nitrogens with zero attached hydrogens (tertiary/aromatic N) is 5. The zero-order valence-corrected chi connectivity index (χ0v) is 15.1. The molecule has 8 heteroatoms. The van der Waals surface area contributed by atoms with Crippen LogP contribution in [0.4, 0.5) is 5.82 Å². The Morgan fingerprint density at radius 3 is 3.04 bits per heavy atom. The average molecular weight is 346 g/mol. The van der Waals surface area contributed by atoms with Gasteiger partial charge in [0.1, 0.15) is 17.7 Å². The van der Waals surface area contributed by atoms with Crippen molar-refractivity contribution in [3.05, 3.63) is 35.5 Å². The molecule has 0 saturated carbocycles. The topological polar surface area (TPSA) is 77.3 Å². The van der Waals surface area contributed by atoms with E-state index in [0.717, 1.165) is 37.0 Å². The highest BCUT2D eigenvalue weighted by molar-refractivity contribution is 5.36. The van der Waals surface area contributed by atoms with Gasteiger partial charge < -0.3 is 14.8 Å². The number of rotatable bonds is 7. The lowest BCUT2D eigenvalue weighted by molar-refractivity contribution is -0.0350. The summed E-state index contributed by atoms with van der Waals surface area (Å²) in [6.45, 7) is 6.54. The van der Waals surface area contributed by atoms with Gasteiger partial charge in [0.15, 0.2) is 0 Å². The SMILES string of the molecule is COCCNc1cc(C2CN(Cc3cnn(C)c3)CCO2)nc(C)n1. The second kappa shape index (κ2) is 8.37. The van der Waals surface area contributed by atoms with Crippen molar-refractivity contribution in [2.45, 2.75) is 19.6 Å². The molecule has 1 aliphatic rings. The predicted octanol–water partition coefficient (Wildman–Crippen LogP) is 1.15. The van der Waals surface area contributed by atoms with Gasteiger partial charge in [0.2, 0.25) is 0 Å². The van der Waals surface area contributed by atoms with Crippen LogP contribution >= 0.6 is 0 Å².